The van der Waals surface area contributed by atoms with Crippen molar-refractivity contribution < 1.29 is 14.1 Å². The number of nitro groups is 1. The summed E-state index contributed by atoms with van der Waals surface area (Å²) in [5.74, 6) is -0.527. The Labute approximate surface area is 146 Å². The zero-order chi connectivity index (χ0) is 18.0. The van der Waals surface area contributed by atoms with Crippen molar-refractivity contribution in [1.82, 2.24) is 4.90 Å². The van der Waals surface area contributed by atoms with Crippen LogP contribution in [0.2, 0.25) is 0 Å². The topological polar surface area (TPSA) is 69.9 Å². The molecule has 0 N–H and O–H groups in total. The van der Waals surface area contributed by atoms with E-state index in [4.69, 9.17) is 0 Å². The molecule has 1 aromatic carbocycles. The summed E-state index contributed by atoms with van der Waals surface area (Å²) in [5.41, 5.74) is 0.792. The van der Waals surface area contributed by atoms with Gasteiger partial charge in [-0.3, -0.25) is 14.9 Å². The smallest absolute Gasteiger partial charge is 0.274 e. The highest BCUT2D eigenvalue weighted by molar-refractivity contribution is 5.77. The van der Waals surface area contributed by atoms with E-state index >= 15 is 0 Å². The molecule has 0 spiro atoms. The number of hydrogen-bond acceptors (Lipinski definition) is 5. The number of hydrogen-bond donors (Lipinski definition) is 0. The first-order valence-corrected chi connectivity index (χ1v) is 8.70. The van der Waals surface area contributed by atoms with Crippen molar-refractivity contribution >= 4 is 23.0 Å². The molecule has 2 aliphatic heterocycles. The van der Waals surface area contributed by atoms with Crippen LogP contribution >= 0.6 is 0 Å². The fraction of sp³-hybridized carbons (Fsp3) is 0.588. The van der Waals surface area contributed by atoms with Crippen LogP contribution in [-0.4, -0.2) is 55.0 Å². The van der Waals surface area contributed by atoms with E-state index in [1.807, 2.05) is 9.80 Å². The molecule has 25 heavy (non-hydrogen) atoms. The van der Waals surface area contributed by atoms with Gasteiger partial charge in [0.15, 0.2) is 5.82 Å². The molecule has 8 heteroatoms. The number of piperidine rings is 1. The van der Waals surface area contributed by atoms with Gasteiger partial charge in [-0.15, -0.1) is 0 Å². The van der Waals surface area contributed by atoms with Crippen LogP contribution in [0.25, 0.3) is 0 Å². The second kappa shape index (κ2) is 7.25. The molecule has 0 aromatic heterocycles. The summed E-state index contributed by atoms with van der Waals surface area (Å²) in [7, 11) is 0. The van der Waals surface area contributed by atoms with Gasteiger partial charge in [0.1, 0.15) is 0 Å². The summed E-state index contributed by atoms with van der Waals surface area (Å²) in [6, 6.07) is 2.48. The van der Waals surface area contributed by atoms with Gasteiger partial charge in [0, 0.05) is 52.3 Å². The van der Waals surface area contributed by atoms with Crippen molar-refractivity contribution in [2.24, 2.45) is 0 Å². The molecule has 0 saturated carbocycles. The van der Waals surface area contributed by atoms with Crippen LogP contribution in [-0.2, 0) is 4.79 Å². The molecule has 0 unspecified atom stereocenters. The maximum Gasteiger partial charge on any atom is 0.274 e. The molecule has 1 amide bonds. The Morgan fingerprint density at radius 3 is 2.24 bits per heavy atom. The average Bonchev–Trinajstić information content (AvgIpc) is 2.61. The third kappa shape index (κ3) is 3.67. The van der Waals surface area contributed by atoms with Crippen molar-refractivity contribution in [1.29, 1.82) is 0 Å². The first-order chi connectivity index (χ1) is 12.0. The molecule has 0 radical (unpaired) electrons. The highest BCUT2D eigenvalue weighted by Gasteiger charge is 2.28. The first-order valence-electron chi connectivity index (χ1n) is 8.70. The fourth-order valence-corrected chi connectivity index (χ4v) is 3.61. The predicted octanol–water partition coefficient (Wildman–Crippen LogP) is 2.39. The Kier molecular flexibility index (Phi) is 5.06. The molecule has 2 heterocycles. The molecule has 0 atom stereocenters. The van der Waals surface area contributed by atoms with Crippen molar-refractivity contribution in [2.45, 2.75) is 26.2 Å². The van der Waals surface area contributed by atoms with E-state index in [1.54, 1.807) is 4.90 Å². The maximum atomic E-state index is 14.8. The Morgan fingerprint density at radius 2 is 1.68 bits per heavy atom. The minimum Gasteiger partial charge on any atom is -0.367 e. The summed E-state index contributed by atoms with van der Waals surface area (Å²) in [5, 5.41) is 11.2. The minimum atomic E-state index is -0.557. The van der Waals surface area contributed by atoms with Gasteiger partial charge in [0.2, 0.25) is 5.91 Å². The molecule has 7 nitrogen and oxygen atoms in total. The summed E-state index contributed by atoms with van der Waals surface area (Å²) < 4.78 is 14.8. The zero-order valence-corrected chi connectivity index (χ0v) is 14.4. The van der Waals surface area contributed by atoms with E-state index in [0.29, 0.717) is 37.6 Å². The first kappa shape index (κ1) is 17.4. The number of piperazine rings is 1. The Hall–Kier alpha value is -2.38. The highest BCUT2D eigenvalue weighted by atomic mass is 19.1. The number of anilines is 2. The van der Waals surface area contributed by atoms with E-state index < -0.39 is 10.7 Å². The van der Waals surface area contributed by atoms with Crippen molar-refractivity contribution in [3.8, 4) is 0 Å². The van der Waals surface area contributed by atoms with Crippen LogP contribution in [0.3, 0.4) is 0 Å². The second-order valence-electron chi connectivity index (χ2n) is 6.59. The highest BCUT2D eigenvalue weighted by Crippen LogP contribution is 2.38. The number of nitro benzene ring substituents is 1. The van der Waals surface area contributed by atoms with Crippen LogP contribution in [0.4, 0.5) is 21.5 Å². The quantitative estimate of drug-likeness (QED) is 0.618. The van der Waals surface area contributed by atoms with Crippen LogP contribution in [0.15, 0.2) is 12.1 Å². The molecule has 1 aromatic rings. The number of carbonyl (C=O) groups is 1. The molecular weight excluding hydrogens is 327 g/mol. The lowest BCUT2D eigenvalue weighted by Gasteiger charge is -2.39. The summed E-state index contributed by atoms with van der Waals surface area (Å²) >= 11 is 0. The Balaban J connectivity index is 1.94. The Morgan fingerprint density at radius 1 is 1.04 bits per heavy atom. The number of amides is 1. The molecule has 3 rings (SSSR count). The van der Waals surface area contributed by atoms with Crippen molar-refractivity contribution in [3.05, 3.63) is 28.1 Å². The van der Waals surface area contributed by atoms with Crippen LogP contribution in [0, 0.1) is 15.9 Å². The van der Waals surface area contributed by atoms with Gasteiger partial charge < -0.3 is 14.7 Å². The lowest BCUT2D eigenvalue weighted by Crippen LogP contribution is -2.48. The van der Waals surface area contributed by atoms with Gasteiger partial charge >= 0.3 is 0 Å². The number of halogens is 1. The zero-order valence-electron chi connectivity index (χ0n) is 14.4. The molecule has 2 aliphatic rings. The molecule has 2 fully saturated rings. The number of benzene rings is 1. The van der Waals surface area contributed by atoms with E-state index in [0.717, 1.165) is 38.4 Å². The number of carbonyl (C=O) groups excluding carboxylic acids is 1. The summed E-state index contributed by atoms with van der Waals surface area (Å²) in [4.78, 5) is 27.8. The van der Waals surface area contributed by atoms with Crippen molar-refractivity contribution in [3.63, 3.8) is 0 Å². The van der Waals surface area contributed by atoms with E-state index in [1.165, 1.54) is 13.0 Å². The van der Waals surface area contributed by atoms with Gasteiger partial charge in [0.05, 0.1) is 22.4 Å². The van der Waals surface area contributed by atoms with Gasteiger partial charge in [-0.05, 0) is 19.3 Å². The van der Waals surface area contributed by atoms with Gasteiger partial charge in [-0.2, -0.15) is 0 Å². The van der Waals surface area contributed by atoms with Gasteiger partial charge in [0.25, 0.3) is 5.69 Å². The lowest BCUT2D eigenvalue weighted by molar-refractivity contribution is -0.385. The minimum absolute atomic E-state index is 0.0149. The lowest BCUT2D eigenvalue weighted by atomic mass is 10.1. The SMILES string of the molecule is CC(=O)N1CCN(c2cc([N+](=O)[O-])cc(F)c2N2CCCCC2)CC1. The normalized spacial score (nSPS) is 18.4. The third-order valence-corrected chi connectivity index (χ3v) is 4.98. The largest absolute Gasteiger partial charge is 0.367 e. The predicted molar refractivity (Wildman–Crippen MR) is 93.6 cm³/mol. The average molecular weight is 350 g/mol. The number of rotatable bonds is 3. The van der Waals surface area contributed by atoms with E-state index in [2.05, 4.69) is 0 Å². The van der Waals surface area contributed by atoms with E-state index in [-0.39, 0.29) is 11.6 Å². The van der Waals surface area contributed by atoms with Gasteiger partial charge in [-0.25, -0.2) is 4.39 Å². The molecule has 2 saturated heterocycles. The molecular formula is C17H23FN4O3. The summed E-state index contributed by atoms with van der Waals surface area (Å²) in [6.45, 7) is 5.21. The fourth-order valence-electron chi connectivity index (χ4n) is 3.61. The maximum absolute atomic E-state index is 14.8. The van der Waals surface area contributed by atoms with Crippen molar-refractivity contribution in [2.75, 3.05) is 49.1 Å². The van der Waals surface area contributed by atoms with Crippen LogP contribution < -0.4 is 9.80 Å². The summed E-state index contributed by atoms with van der Waals surface area (Å²) in [6.07, 6.45) is 3.11. The monoisotopic (exact) mass is 350 g/mol. The van der Waals surface area contributed by atoms with Crippen LogP contribution in [0.1, 0.15) is 26.2 Å². The Bertz CT molecular complexity index is 668. The molecule has 136 valence electrons. The third-order valence-electron chi connectivity index (χ3n) is 4.98. The van der Waals surface area contributed by atoms with Crippen LogP contribution in [0.5, 0.6) is 0 Å². The molecule has 0 aliphatic carbocycles. The standard InChI is InChI=1S/C17H23FN4O3/c1-13(23)19-7-9-20(10-8-19)16-12-14(22(24)25)11-15(18)17(16)21-5-3-2-4-6-21/h11-12H,2-10H2,1H3. The van der Waals surface area contributed by atoms with E-state index in [9.17, 15) is 19.3 Å². The second-order valence-corrected chi connectivity index (χ2v) is 6.59. The number of nitrogens with zero attached hydrogens (tertiary/aromatic N) is 4. The number of non-ortho nitro benzene ring substituents is 1. The van der Waals surface area contributed by atoms with Gasteiger partial charge in [-0.1, -0.05) is 0 Å². The molecule has 0 bridgehead atoms.